The molecule has 0 bridgehead atoms. The molecule has 0 saturated carbocycles. The molecule has 0 unspecified atom stereocenters. The van der Waals surface area contributed by atoms with E-state index < -0.39 is 11.9 Å². The monoisotopic (exact) mass is 377 g/mol. The highest BCUT2D eigenvalue weighted by Crippen LogP contribution is 2.20. The van der Waals surface area contributed by atoms with Crippen molar-refractivity contribution in [3.63, 3.8) is 0 Å². The Labute approximate surface area is 162 Å². The van der Waals surface area contributed by atoms with Crippen LogP contribution in [0.1, 0.15) is 20.8 Å². The standard InChI is InChI=1S/C21H19N3O4/c1-27-16-10-7-14(8-11-16)23-15-9-12-19(22-13-15)20(25)24-18-6-4-3-5-17(18)21(26)28-2/h3-13,23H,1-2H3,(H,24,25). The highest BCUT2D eigenvalue weighted by Gasteiger charge is 2.15. The zero-order valence-corrected chi connectivity index (χ0v) is 15.4. The lowest BCUT2D eigenvalue weighted by molar-refractivity contribution is 0.0602. The third-order valence-electron chi connectivity index (χ3n) is 3.96. The molecule has 1 amide bonds. The summed E-state index contributed by atoms with van der Waals surface area (Å²) in [6.45, 7) is 0. The number of para-hydroxylation sites is 1. The second-order valence-electron chi connectivity index (χ2n) is 5.78. The number of hydrogen-bond acceptors (Lipinski definition) is 6. The maximum absolute atomic E-state index is 12.5. The lowest BCUT2D eigenvalue weighted by atomic mass is 10.1. The Bertz CT molecular complexity index is 970. The van der Waals surface area contributed by atoms with Crippen LogP contribution in [0.2, 0.25) is 0 Å². The number of ether oxygens (including phenoxy) is 2. The molecule has 0 saturated heterocycles. The molecule has 28 heavy (non-hydrogen) atoms. The molecule has 0 spiro atoms. The number of pyridine rings is 1. The Morgan fingerprint density at radius 2 is 1.61 bits per heavy atom. The van der Waals surface area contributed by atoms with Crippen LogP contribution in [0.5, 0.6) is 5.75 Å². The van der Waals surface area contributed by atoms with Crippen molar-refractivity contribution in [1.82, 2.24) is 4.98 Å². The van der Waals surface area contributed by atoms with E-state index in [-0.39, 0.29) is 11.3 Å². The van der Waals surface area contributed by atoms with Crippen LogP contribution in [0.3, 0.4) is 0 Å². The van der Waals surface area contributed by atoms with Crippen molar-refractivity contribution in [3.8, 4) is 5.75 Å². The summed E-state index contributed by atoms with van der Waals surface area (Å²) in [7, 11) is 2.90. The SMILES string of the molecule is COC(=O)c1ccccc1NC(=O)c1ccc(Nc2ccc(OC)cc2)cn1. The fraction of sp³-hybridized carbons (Fsp3) is 0.0952. The largest absolute Gasteiger partial charge is 0.497 e. The van der Waals surface area contributed by atoms with Gasteiger partial charge in [0.1, 0.15) is 11.4 Å². The summed E-state index contributed by atoms with van der Waals surface area (Å²) < 4.78 is 9.86. The van der Waals surface area contributed by atoms with Crippen LogP contribution in [-0.4, -0.2) is 31.1 Å². The molecule has 2 N–H and O–H groups in total. The molecule has 1 aromatic heterocycles. The van der Waals surface area contributed by atoms with Crippen LogP contribution in [0, 0.1) is 0 Å². The fourth-order valence-corrected chi connectivity index (χ4v) is 2.51. The van der Waals surface area contributed by atoms with E-state index in [2.05, 4.69) is 15.6 Å². The molecule has 142 valence electrons. The smallest absolute Gasteiger partial charge is 0.339 e. The molecule has 0 fully saturated rings. The predicted molar refractivity (Wildman–Crippen MR) is 106 cm³/mol. The second-order valence-corrected chi connectivity index (χ2v) is 5.78. The van der Waals surface area contributed by atoms with Gasteiger partial charge in [0.25, 0.3) is 5.91 Å². The van der Waals surface area contributed by atoms with Gasteiger partial charge in [-0.2, -0.15) is 0 Å². The number of amides is 1. The van der Waals surface area contributed by atoms with Gasteiger partial charge in [0.05, 0.1) is 37.4 Å². The third kappa shape index (κ3) is 4.45. The maximum Gasteiger partial charge on any atom is 0.339 e. The zero-order chi connectivity index (χ0) is 19.9. The molecule has 1 heterocycles. The van der Waals surface area contributed by atoms with Gasteiger partial charge in [-0.05, 0) is 48.5 Å². The fourth-order valence-electron chi connectivity index (χ4n) is 2.51. The van der Waals surface area contributed by atoms with Gasteiger partial charge in [-0.3, -0.25) is 4.79 Å². The number of nitrogens with zero attached hydrogens (tertiary/aromatic N) is 1. The van der Waals surface area contributed by atoms with Crippen molar-refractivity contribution in [3.05, 3.63) is 78.1 Å². The number of esters is 1. The quantitative estimate of drug-likeness (QED) is 0.634. The number of methoxy groups -OCH3 is 2. The van der Waals surface area contributed by atoms with Crippen LogP contribution in [0.25, 0.3) is 0 Å². The van der Waals surface area contributed by atoms with Crippen molar-refractivity contribution >= 4 is 28.9 Å². The van der Waals surface area contributed by atoms with Crippen molar-refractivity contribution in [2.45, 2.75) is 0 Å². The summed E-state index contributed by atoms with van der Waals surface area (Å²) >= 11 is 0. The molecule has 0 aliphatic rings. The Kier molecular flexibility index (Phi) is 5.86. The molecule has 0 atom stereocenters. The minimum absolute atomic E-state index is 0.222. The number of aromatic nitrogens is 1. The third-order valence-corrected chi connectivity index (χ3v) is 3.96. The van der Waals surface area contributed by atoms with E-state index in [1.807, 2.05) is 24.3 Å². The van der Waals surface area contributed by atoms with E-state index in [1.54, 1.807) is 49.7 Å². The summed E-state index contributed by atoms with van der Waals surface area (Å²) in [5.74, 6) is -0.182. The zero-order valence-electron chi connectivity index (χ0n) is 15.4. The molecule has 3 aromatic rings. The Morgan fingerprint density at radius 3 is 2.25 bits per heavy atom. The number of anilines is 3. The van der Waals surface area contributed by atoms with Crippen molar-refractivity contribution < 1.29 is 19.1 Å². The summed E-state index contributed by atoms with van der Waals surface area (Å²) in [5, 5.41) is 5.88. The van der Waals surface area contributed by atoms with E-state index in [0.717, 1.165) is 17.1 Å². The average molecular weight is 377 g/mol. The average Bonchev–Trinajstić information content (AvgIpc) is 2.74. The van der Waals surface area contributed by atoms with Gasteiger partial charge in [0.15, 0.2) is 0 Å². The molecule has 7 nitrogen and oxygen atoms in total. The van der Waals surface area contributed by atoms with Gasteiger partial charge < -0.3 is 20.1 Å². The molecule has 0 radical (unpaired) electrons. The van der Waals surface area contributed by atoms with Gasteiger partial charge in [-0.1, -0.05) is 12.1 Å². The minimum Gasteiger partial charge on any atom is -0.497 e. The number of carbonyl (C=O) groups excluding carboxylic acids is 2. The number of hydrogen-bond donors (Lipinski definition) is 2. The van der Waals surface area contributed by atoms with Gasteiger partial charge in [0.2, 0.25) is 0 Å². The molecule has 0 aliphatic carbocycles. The Morgan fingerprint density at radius 1 is 0.893 bits per heavy atom. The predicted octanol–water partition coefficient (Wildman–Crippen LogP) is 3.87. The van der Waals surface area contributed by atoms with Crippen molar-refractivity contribution in [2.75, 3.05) is 24.9 Å². The first kappa shape index (κ1) is 18.9. The van der Waals surface area contributed by atoms with Gasteiger partial charge in [0, 0.05) is 5.69 Å². The normalized spacial score (nSPS) is 10.1. The van der Waals surface area contributed by atoms with Crippen LogP contribution < -0.4 is 15.4 Å². The van der Waals surface area contributed by atoms with Crippen molar-refractivity contribution in [2.24, 2.45) is 0 Å². The van der Waals surface area contributed by atoms with E-state index in [1.165, 1.54) is 7.11 Å². The van der Waals surface area contributed by atoms with Crippen LogP contribution >= 0.6 is 0 Å². The summed E-state index contributed by atoms with van der Waals surface area (Å²) in [6, 6.07) is 17.4. The molecule has 0 aliphatic heterocycles. The first-order valence-corrected chi connectivity index (χ1v) is 8.46. The first-order chi connectivity index (χ1) is 13.6. The summed E-state index contributed by atoms with van der Waals surface area (Å²) in [5.41, 5.74) is 2.46. The minimum atomic E-state index is -0.525. The van der Waals surface area contributed by atoms with Gasteiger partial charge in [-0.15, -0.1) is 0 Å². The lowest BCUT2D eigenvalue weighted by Gasteiger charge is -2.10. The number of carbonyl (C=O) groups is 2. The summed E-state index contributed by atoms with van der Waals surface area (Å²) in [4.78, 5) is 28.4. The van der Waals surface area contributed by atoms with Crippen LogP contribution in [0.4, 0.5) is 17.1 Å². The van der Waals surface area contributed by atoms with Crippen LogP contribution in [-0.2, 0) is 4.74 Å². The molecule has 3 rings (SSSR count). The lowest BCUT2D eigenvalue weighted by Crippen LogP contribution is -2.16. The van der Waals surface area contributed by atoms with Gasteiger partial charge >= 0.3 is 5.97 Å². The van der Waals surface area contributed by atoms with Crippen molar-refractivity contribution in [1.29, 1.82) is 0 Å². The topological polar surface area (TPSA) is 89.5 Å². The molecular weight excluding hydrogens is 358 g/mol. The van der Waals surface area contributed by atoms with E-state index >= 15 is 0 Å². The van der Waals surface area contributed by atoms with Crippen LogP contribution in [0.15, 0.2) is 66.9 Å². The molecular formula is C21H19N3O4. The first-order valence-electron chi connectivity index (χ1n) is 8.46. The van der Waals surface area contributed by atoms with E-state index in [4.69, 9.17) is 9.47 Å². The highest BCUT2D eigenvalue weighted by atomic mass is 16.5. The maximum atomic E-state index is 12.5. The highest BCUT2D eigenvalue weighted by molar-refractivity contribution is 6.07. The number of rotatable bonds is 6. The molecule has 2 aromatic carbocycles. The van der Waals surface area contributed by atoms with E-state index in [0.29, 0.717) is 5.69 Å². The number of benzene rings is 2. The van der Waals surface area contributed by atoms with E-state index in [9.17, 15) is 9.59 Å². The Balaban J connectivity index is 1.69. The Hall–Kier alpha value is -3.87. The molecule has 7 heteroatoms. The van der Waals surface area contributed by atoms with Gasteiger partial charge in [-0.25, -0.2) is 9.78 Å². The summed E-state index contributed by atoms with van der Waals surface area (Å²) in [6.07, 6.45) is 1.56. The second kappa shape index (κ2) is 8.68. The number of nitrogens with one attached hydrogen (secondary N) is 2.